The van der Waals surface area contributed by atoms with Crippen LogP contribution in [0.25, 0.3) is 0 Å². The minimum Gasteiger partial charge on any atom is -0.414 e. The van der Waals surface area contributed by atoms with Crippen molar-refractivity contribution in [1.82, 2.24) is 0 Å². The molecule has 25 heavy (non-hydrogen) atoms. The molecule has 2 bridgehead atoms. The summed E-state index contributed by atoms with van der Waals surface area (Å²) in [6.07, 6.45) is 7.03. The minimum absolute atomic E-state index is 0.293. The lowest BCUT2D eigenvalue weighted by atomic mass is 9.36. The first-order chi connectivity index (χ1) is 11.3. The molecule has 5 atom stereocenters. The number of fused-ring (bicyclic) bond motifs is 2. The summed E-state index contributed by atoms with van der Waals surface area (Å²) in [4.78, 5) is 0. The molecular formula is C21H42BClOSi. The Morgan fingerprint density at radius 2 is 1.84 bits per heavy atom. The molecule has 0 N–H and O–H groups in total. The standard InChI is InChI=1S/C21H42BClOSi/c1-15(24-25(8,9)20(3,4)5)11-10-12-22(23)19-14-17-13-18(16(19)2)21(17,6)7/h15-19H,10-14H2,1-9H3/t15-,16?,17-,18+,19?/m0/s1. The van der Waals surface area contributed by atoms with Gasteiger partial charge in [0.05, 0.1) is 0 Å². The molecule has 3 saturated carbocycles. The Balaban J connectivity index is 1.75. The Hall–Kier alpha value is 0.532. The third-order valence-electron chi connectivity index (χ3n) is 8.27. The van der Waals surface area contributed by atoms with Crippen molar-refractivity contribution in [3.8, 4) is 0 Å². The Morgan fingerprint density at radius 3 is 2.32 bits per heavy atom. The predicted molar refractivity (Wildman–Crippen MR) is 116 cm³/mol. The highest BCUT2D eigenvalue weighted by Crippen LogP contribution is 2.65. The van der Waals surface area contributed by atoms with Crippen LogP contribution in [0.4, 0.5) is 0 Å². The first-order valence-corrected chi connectivity index (χ1v) is 13.9. The smallest absolute Gasteiger partial charge is 0.254 e. The van der Waals surface area contributed by atoms with E-state index in [4.69, 9.17) is 15.9 Å². The summed E-state index contributed by atoms with van der Waals surface area (Å²) in [7, 11) is -1.64. The molecule has 1 nitrogen and oxygen atoms in total. The first kappa shape index (κ1) is 21.8. The normalized spacial score (nSPS) is 32.9. The maximum Gasteiger partial charge on any atom is 0.254 e. The van der Waals surface area contributed by atoms with Gasteiger partial charge in [-0.1, -0.05) is 60.7 Å². The van der Waals surface area contributed by atoms with Gasteiger partial charge in [0.2, 0.25) is 0 Å². The van der Waals surface area contributed by atoms with Crippen LogP contribution in [0, 0.1) is 23.2 Å². The van der Waals surface area contributed by atoms with Gasteiger partial charge in [-0.2, -0.15) is 11.5 Å². The highest BCUT2D eigenvalue weighted by molar-refractivity contribution is 7.07. The predicted octanol–water partition coefficient (Wildman–Crippen LogP) is 7.48. The highest BCUT2D eigenvalue weighted by atomic mass is 35.5. The van der Waals surface area contributed by atoms with E-state index in [0.29, 0.717) is 22.7 Å². The zero-order chi connectivity index (χ0) is 19.2. The largest absolute Gasteiger partial charge is 0.414 e. The van der Waals surface area contributed by atoms with Crippen LogP contribution in [0.15, 0.2) is 0 Å². The van der Waals surface area contributed by atoms with Crippen molar-refractivity contribution in [2.75, 3.05) is 0 Å². The molecule has 0 spiro atoms. The molecule has 3 rings (SSSR count). The fraction of sp³-hybridized carbons (Fsp3) is 1.00. The molecule has 0 saturated heterocycles. The second-order valence-electron chi connectivity index (χ2n) is 11.3. The van der Waals surface area contributed by atoms with Crippen LogP contribution in [0.3, 0.4) is 0 Å². The van der Waals surface area contributed by atoms with Crippen LogP contribution in [-0.4, -0.2) is 20.5 Å². The Labute approximate surface area is 164 Å². The zero-order valence-corrected chi connectivity index (χ0v) is 20.0. The van der Waals surface area contributed by atoms with E-state index in [2.05, 4.69) is 61.6 Å². The summed E-state index contributed by atoms with van der Waals surface area (Å²) in [5.74, 6) is 3.34. The van der Waals surface area contributed by atoms with E-state index in [1.165, 1.54) is 19.3 Å². The molecular weight excluding hydrogens is 343 g/mol. The summed E-state index contributed by atoms with van der Waals surface area (Å²) < 4.78 is 6.50. The van der Waals surface area contributed by atoms with Crippen molar-refractivity contribution in [2.24, 2.45) is 23.2 Å². The molecule has 4 heteroatoms. The highest BCUT2D eigenvalue weighted by Gasteiger charge is 2.57. The SMILES string of the molecule is CC1C(B(Cl)CCC[C@H](C)O[Si](C)(C)C(C)(C)C)C[C@@H]2C[C@H]1C2(C)C. The molecule has 0 aromatic heterocycles. The van der Waals surface area contributed by atoms with Crippen molar-refractivity contribution in [3.63, 3.8) is 0 Å². The topological polar surface area (TPSA) is 9.23 Å². The van der Waals surface area contributed by atoms with Gasteiger partial charge < -0.3 is 4.43 Å². The monoisotopic (exact) mass is 384 g/mol. The van der Waals surface area contributed by atoms with Gasteiger partial charge in [-0.05, 0) is 66.9 Å². The van der Waals surface area contributed by atoms with Crippen LogP contribution in [0.5, 0.6) is 0 Å². The van der Waals surface area contributed by atoms with Crippen molar-refractivity contribution in [1.29, 1.82) is 0 Å². The van der Waals surface area contributed by atoms with E-state index >= 15 is 0 Å². The summed E-state index contributed by atoms with van der Waals surface area (Å²) >= 11 is 6.89. The van der Waals surface area contributed by atoms with E-state index in [0.717, 1.165) is 36.3 Å². The van der Waals surface area contributed by atoms with Crippen LogP contribution in [0.1, 0.15) is 74.1 Å². The summed E-state index contributed by atoms with van der Waals surface area (Å²) in [6, 6.07) is 0. The van der Waals surface area contributed by atoms with Gasteiger partial charge in [0.1, 0.15) is 0 Å². The van der Waals surface area contributed by atoms with Gasteiger partial charge in [0.15, 0.2) is 8.32 Å². The lowest BCUT2D eigenvalue weighted by molar-refractivity contribution is -0.0988. The van der Waals surface area contributed by atoms with E-state index in [1.54, 1.807) is 0 Å². The van der Waals surface area contributed by atoms with E-state index < -0.39 is 8.32 Å². The molecule has 3 aliphatic rings. The number of rotatable bonds is 7. The van der Waals surface area contributed by atoms with Crippen LogP contribution in [0.2, 0.25) is 30.3 Å². The molecule has 0 heterocycles. The fourth-order valence-electron chi connectivity index (χ4n) is 5.22. The van der Waals surface area contributed by atoms with Gasteiger partial charge in [-0.25, -0.2) is 0 Å². The van der Waals surface area contributed by atoms with Crippen molar-refractivity contribution >= 4 is 25.9 Å². The summed E-state index contributed by atoms with van der Waals surface area (Å²) in [5.41, 5.74) is 0.568. The third-order valence-corrected chi connectivity index (χ3v) is 13.4. The summed E-state index contributed by atoms with van der Waals surface area (Å²) in [5, 5.41) is 0.293. The molecule has 0 aliphatic heterocycles. The lowest BCUT2D eigenvalue weighted by Crippen LogP contribution is -2.55. The van der Waals surface area contributed by atoms with E-state index in [9.17, 15) is 0 Å². The fourth-order valence-corrected chi connectivity index (χ4v) is 7.18. The Morgan fingerprint density at radius 1 is 1.24 bits per heavy atom. The number of hydrogen-bond donors (Lipinski definition) is 0. The third kappa shape index (κ3) is 4.51. The van der Waals surface area contributed by atoms with Crippen LogP contribution in [-0.2, 0) is 4.43 Å². The lowest BCUT2D eigenvalue weighted by Gasteiger charge is -2.62. The van der Waals surface area contributed by atoms with Gasteiger partial charge in [-0.15, -0.1) is 0 Å². The molecule has 3 aliphatic carbocycles. The second kappa shape index (κ2) is 7.51. The van der Waals surface area contributed by atoms with Gasteiger partial charge >= 0.3 is 0 Å². The van der Waals surface area contributed by atoms with Crippen molar-refractivity contribution in [3.05, 3.63) is 0 Å². The molecule has 146 valence electrons. The molecule has 2 unspecified atom stereocenters. The Kier molecular flexibility index (Phi) is 6.56. The zero-order valence-electron chi connectivity index (χ0n) is 18.3. The maximum atomic E-state index is 6.89. The molecule has 0 amide bonds. The summed E-state index contributed by atoms with van der Waals surface area (Å²) in [6.45, 7) is 21.3. The van der Waals surface area contributed by atoms with Crippen LogP contribution < -0.4 is 0 Å². The van der Waals surface area contributed by atoms with Crippen LogP contribution >= 0.6 is 11.5 Å². The van der Waals surface area contributed by atoms with Crippen molar-refractivity contribution < 1.29 is 4.43 Å². The molecule has 0 aromatic carbocycles. The van der Waals surface area contributed by atoms with E-state index in [-0.39, 0.29) is 0 Å². The Bertz CT molecular complexity index is 459. The first-order valence-electron chi connectivity index (χ1n) is 10.6. The van der Waals surface area contributed by atoms with Crippen molar-refractivity contribution in [2.45, 2.75) is 111 Å². The molecule has 0 radical (unpaired) electrons. The average molecular weight is 385 g/mol. The minimum atomic E-state index is -1.64. The second-order valence-corrected chi connectivity index (χ2v) is 16.6. The number of hydrogen-bond acceptors (Lipinski definition) is 1. The van der Waals surface area contributed by atoms with Gasteiger partial charge in [0, 0.05) is 6.10 Å². The van der Waals surface area contributed by atoms with Gasteiger partial charge in [-0.3, -0.25) is 0 Å². The average Bonchev–Trinajstić information content (AvgIpc) is 2.44. The number of halogens is 1. The maximum absolute atomic E-state index is 6.89. The van der Waals surface area contributed by atoms with Gasteiger partial charge in [0.25, 0.3) is 6.13 Å². The quantitative estimate of drug-likeness (QED) is 0.413. The van der Waals surface area contributed by atoms with E-state index in [1.807, 2.05) is 0 Å². The molecule has 3 fully saturated rings. The molecule has 0 aromatic rings.